The van der Waals surface area contributed by atoms with Crippen LogP contribution in [0.5, 0.6) is 0 Å². The van der Waals surface area contributed by atoms with E-state index in [1.165, 1.54) is 0 Å². The maximum atomic E-state index is 9.26. The number of nitriles is 1. The first-order chi connectivity index (χ1) is 11.1. The van der Waals surface area contributed by atoms with E-state index in [2.05, 4.69) is 27.6 Å². The summed E-state index contributed by atoms with van der Waals surface area (Å²) < 4.78 is 5.62. The highest BCUT2D eigenvalue weighted by Crippen LogP contribution is 2.37. The Morgan fingerprint density at radius 2 is 2.04 bits per heavy atom. The first kappa shape index (κ1) is 14.0. The van der Waals surface area contributed by atoms with Crippen molar-refractivity contribution in [2.24, 2.45) is 0 Å². The molecule has 0 unspecified atom stereocenters. The molecular weight excluding hydrogens is 310 g/mol. The number of oxazole rings is 1. The Morgan fingerprint density at radius 1 is 1.30 bits per heavy atom. The molecule has 116 valence electrons. The van der Waals surface area contributed by atoms with Gasteiger partial charge in [0, 0.05) is 20.0 Å². The van der Waals surface area contributed by atoms with Crippen molar-refractivity contribution in [2.45, 2.75) is 19.8 Å². The van der Waals surface area contributed by atoms with E-state index in [-0.39, 0.29) is 0 Å². The van der Waals surface area contributed by atoms with E-state index in [1.54, 1.807) is 13.0 Å². The molecule has 0 N–H and O–H groups in total. The van der Waals surface area contributed by atoms with E-state index >= 15 is 0 Å². The number of thiocarbonyl (C=S) groups is 1. The Bertz CT molecular complexity index is 856. The fourth-order valence-corrected chi connectivity index (χ4v) is 3.58. The minimum atomic E-state index is 0.470. The zero-order chi connectivity index (χ0) is 16.1. The van der Waals surface area contributed by atoms with E-state index in [0.717, 1.165) is 37.4 Å². The first-order valence-corrected chi connectivity index (χ1v) is 7.91. The van der Waals surface area contributed by atoms with Crippen LogP contribution in [-0.2, 0) is 0 Å². The van der Waals surface area contributed by atoms with E-state index in [0.29, 0.717) is 27.7 Å². The van der Waals surface area contributed by atoms with Gasteiger partial charge in [-0.2, -0.15) is 5.26 Å². The van der Waals surface area contributed by atoms with Crippen molar-refractivity contribution in [1.29, 1.82) is 5.26 Å². The van der Waals surface area contributed by atoms with Gasteiger partial charge in [0.1, 0.15) is 17.4 Å². The number of hydrogen-bond acceptors (Lipinski definition) is 5. The molecule has 0 bridgehead atoms. The molecule has 0 atom stereocenters. The Morgan fingerprint density at radius 3 is 2.74 bits per heavy atom. The van der Waals surface area contributed by atoms with Gasteiger partial charge < -0.3 is 4.42 Å². The van der Waals surface area contributed by atoms with Gasteiger partial charge in [-0.15, -0.1) is 0 Å². The molecule has 4 rings (SSSR count). The van der Waals surface area contributed by atoms with Gasteiger partial charge in [-0.3, -0.25) is 14.9 Å². The highest BCUT2D eigenvalue weighted by Gasteiger charge is 2.38. The summed E-state index contributed by atoms with van der Waals surface area (Å²) >= 11 is 5.65. The Kier molecular flexibility index (Phi) is 3.03. The zero-order valence-corrected chi connectivity index (χ0v) is 13.6. The predicted octanol–water partition coefficient (Wildman–Crippen LogP) is 2.90. The molecule has 0 spiro atoms. The molecule has 0 radical (unpaired) electrons. The molecule has 0 saturated carbocycles. The largest absolute Gasteiger partial charge is 0.440 e. The number of benzene rings is 1. The molecule has 7 heteroatoms. The average Bonchev–Trinajstić information content (AvgIpc) is 3.06. The third kappa shape index (κ3) is 1.92. The topological polar surface area (TPSA) is 59.5 Å². The van der Waals surface area contributed by atoms with Gasteiger partial charge in [0.15, 0.2) is 11.5 Å². The van der Waals surface area contributed by atoms with Crippen LogP contribution in [0.15, 0.2) is 28.9 Å². The lowest BCUT2D eigenvalue weighted by Gasteiger charge is -2.33. The fraction of sp³-hybridized carbons (Fsp3) is 0.312. The predicted molar refractivity (Wildman–Crippen MR) is 90.3 cm³/mol. The van der Waals surface area contributed by atoms with Crippen LogP contribution in [0.3, 0.4) is 0 Å². The molecule has 2 aliphatic rings. The van der Waals surface area contributed by atoms with Crippen LogP contribution in [-0.4, -0.2) is 33.2 Å². The van der Waals surface area contributed by atoms with Gasteiger partial charge in [-0.25, -0.2) is 4.98 Å². The third-order valence-corrected chi connectivity index (χ3v) is 4.63. The third-order valence-electron chi connectivity index (χ3n) is 4.24. The minimum absolute atomic E-state index is 0.470. The summed E-state index contributed by atoms with van der Waals surface area (Å²) in [5.74, 6) is 1.35. The number of hydrazine groups is 1. The summed E-state index contributed by atoms with van der Waals surface area (Å²) in [6.45, 7) is 7.78. The van der Waals surface area contributed by atoms with Crippen LogP contribution in [0.1, 0.15) is 24.3 Å². The van der Waals surface area contributed by atoms with Gasteiger partial charge in [0.2, 0.25) is 5.11 Å². The number of aryl methyl sites for hydroxylation is 1. The average molecular weight is 325 g/mol. The van der Waals surface area contributed by atoms with Crippen LogP contribution in [0, 0.1) is 18.3 Å². The quantitative estimate of drug-likeness (QED) is 0.747. The molecule has 6 nitrogen and oxygen atoms in total. The lowest BCUT2D eigenvalue weighted by molar-refractivity contribution is 0.0757. The molecular formula is C16H15N5OS. The van der Waals surface area contributed by atoms with Crippen molar-refractivity contribution in [3.63, 3.8) is 0 Å². The SMILES string of the molecule is C=C1N(c2ccc(C#N)c3oc(C)nc23)C(=S)N2CCCCN12. The van der Waals surface area contributed by atoms with Crippen molar-refractivity contribution in [2.75, 3.05) is 18.0 Å². The maximum Gasteiger partial charge on any atom is 0.201 e. The number of aromatic nitrogens is 1. The summed E-state index contributed by atoms with van der Waals surface area (Å²) in [6, 6.07) is 5.75. The second-order valence-corrected chi connectivity index (χ2v) is 6.01. The van der Waals surface area contributed by atoms with Crippen LogP contribution in [0.25, 0.3) is 11.1 Å². The fourth-order valence-electron chi connectivity index (χ4n) is 3.18. The second kappa shape index (κ2) is 4.96. The lowest BCUT2D eigenvalue weighted by Crippen LogP contribution is -2.42. The number of nitrogens with zero attached hydrogens (tertiary/aromatic N) is 5. The number of rotatable bonds is 1. The number of fused-ring (bicyclic) bond motifs is 2. The standard InChI is InChI=1S/C16H15N5OS/c1-10-18-14-13(6-5-12(9-17)15(14)22-10)21-11(2)19-7-3-4-8-20(19)16(21)23/h5-6H,2-4,7-8H2,1H3. The molecule has 2 fully saturated rings. The van der Waals surface area contributed by atoms with E-state index in [4.69, 9.17) is 16.6 Å². The Labute approximate surface area is 139 Å². The summed E-state index contributed by atoms with van der Waals surface area (Å²) in [6.07, 6.45) is 2.24. The maximum absolute atomic E-state index is 9.26. The van der Waals surface area contributed by atoms with Crippen molar-refractivity contribution < 1.29 is 4.42 Å². The molecule has 2 aliphatic heterocycles. The van der Waals surface area contributed by atoms with E-state index < -0.39 is 0 Å². The molecule has 2 saturated heterocycles. The number of hydrogen-bond donors (Lipinski definition) is 0. The van der Waals surface area contributed by atoms with Gasteiger partial charge in [0.05, 0.1) is 11.3 Å². The summed E-state index contributed by atoms with van der Waals surface area (Å²) in [5.41, 5.74) is 2.42. The van der Waals surface area contributed by atoms with Gasteiger partial charge >= 0.3 is 0 Å². The highest BCUT2D eigenvalue weighted by molar-refractivity contribution is 7.80. The highest BCUT2D eigenvalue weighted by atomic mass is 32.1. The van der Waals surface area contributed by atoms with E-state index in [9.17, 15) is 5.26 Å². The van der Waals surface area contributed by atoms with Crippen LogP contribution in [0.4, 0.5) is 5.69 Å². The van der Waals surface area contributed by atoms with Gasteiger partial charge in [0.25, 0.3) is 0 Å². The molecule has 2 aromatic rings. The summed E-state index contributed by atoms with van der Waals surface area (Å²) in [7, 11) is 0. The van der Waals surface area contributed by atoms with Crippen molar-refractivity contribution in [1.82, 2.24) is 15.0 Å². The number of anilines is 1. The molecule has 1 aromatic heterocycles. The van der Waals surface area contributed by atoms with Crippen molar-refractivity contribution >= 4 is 34.1 Å². The smallest absolute Gasteiger partial charge is 0.201 e. The van der Waals surface area contributed by atoms with Gasteiger partial charge in [-0.1, -0.05) is 6.58 Å². The molecule has 0 amide bonds. The van der Waals surface area contributed by atoms with E-state index in [1.807, 2.05) is 11.0 Å². The molecule has 23 heavy (non-hydrogen) atoms. The van der Waals surface area contributed by atoms with Crippen LogP contribution in [0.2, 0.25) is 0 Å². The second-order valence-electron chi connectivity index (χ2n) is 5.64. The normalized spacial score (nSPS) is 17.8. The minimum Gasteiger partial charge on any atom is -0.440 e. The van der Waals surface area contributed by atoms with Crippen LogP contribution >= 0.6 is 12.2 Å². The Balaban J connectivity index is 1.88. The first-order valence-electron chi connectivity index (χ1n) is 7.50. The molecule has 1 aromatic carbocycles. The summed E-state index contributed by atoms with van der Waals surface area (Å²) in [5, 5.41) is 14.2. The molecule has 0 aliphatic carbocycles. The van der Waals surface area contributed by atoms with Crippen LogP contribution < -0.4 is 4.90 Å². The van der Waals surface area contributed by atoms with Crippen molar-refractivity contribution in [3.05, 3.63) is 36.0 Å². The van der Waals surface area contributed by atoms with Gasteiger partial charge in [-0.05, 0) is 37.2 Å². The summed E-state index contributed by atoms with van der Waals surface area (Å²) in [4.78, 5) is 6.38. The zero-order valence-electron chi connectivity index (χ0n) is 12.7. The monoisotopic (exact) mass is 325 g/mol. The Hall–Kier alpha value is -2.59. The molecule has 3 heterocycles. The lowest BCUT2D eigenvalue weighted by atomic mass is 10.1. The van der Waals surface area contributed by atoms with Crippen molar-refractivity contribution in [3.8, 4) is 6.07 Å².